The Hall–Kier alpha value is -4.66. The van der Waals surface area contributed by atoms with Crippen molar-refractivity contribution in [2.75, 3.05) is 35.8 Å². The summed E-state index contributed by atoms with van der Waals surface area (Å²) in [5.41, 5.74) is 3.88. The first-order valence-corrected chi connectivity index (χ1v) is 12.1. The SMILES string of the molecule is COc1ccc(NC(=O)c2ccccc2NC(=O)COC(=O)C2CC(=O)N(c3cccc(C)c3C)C2)cc1. The van der Waals surface area contributed by atoms with E-state index in [0.29, 0.717) is 11.4 Å². The summed E-state index contributed by atoms with van der Waals surface area (Å²) in [6.45, 7) is 3.55. The van der Waals surface area contributed by atoms with E-state index in [1.165, 1.54) is 0 Å². The van der Waals surface area contributed by atoms with Gasteiger partial charge in [0.25, 0.3) is 11.8 Å². The number of nitrogens with zero attached hydrogens (tertiary/aromatic N) is 1. The Morgan fingerprint density at radius 2 is 1.68 bits per heavy atom. The molecular formula is C29H29N3O6. The lowest BCUT2D eigenvalue weighted by Crippen LogP contribution is -2.29. The van der Waals surface area contributed by atoms with Crippen LogP contribution in [0.1, 0.15) is 27.9 Å². The second-order valence-electron chi connectivity index (χ2n) is 9.01. The molecule has 1 aliphatic heterocycles. The summed E-state index contributed by atoms with van der Waals surface area (Å²) in [7, 11) is 1.55. The number of nitrogens with one attached hydrogen (secondary N) is 2. The third-order valence-electron chi connectivity index (χ3n) is 6.46. The highest BCUT2D eigenvalue weighted by Crippen LogP contribution is 2.30. The van der Waals surface area contributed by atoms with Gasteiger partial charge in [0.15, 0.2) is 6.61 Å². The molecule has 1 fully saturated rings. The summed E-state index contributed by atoms with van der Waals surface area (Å²) in [5.74, 6) is -1.81. The van der Waals surface area contributed by atoms with Crippen molar-refractivity contribution in [2.24, 2.45) is 5.92 Å². The van der Waals surface area contributed by atoms with E-state index in [2.05, 4.69) is 10.6 Å². The van der Waals surface area contributed by atoms with Crippen LogP contribution >= 0.6 is 0 Å². The number of ether oxygens (including phenoxy) is 2. The number of amides is 3. The van der Waals surface area contributed by atoms with E-state index in [4.69, 9.17) is 9.47 Å². The molecule has 2 N–H and O–H groups in total. The second-order valence-corrected chi connectivity index (χ2v) is 9.01. The van der Waals surface area contributed by atoms with Gasteiger partial charge in [0.2, 0.25) is 5.91 Å². The molecule has 196 valence electrons. The van der Waals surface area contributed by atoms with Gasteiger partial charge in [-0.15, -0.1) is 0 Å². The molecule has 0 aromatic heterocycles. The van der Waals surface area contributed by atoms with Crippen LogP contribution in [0.3, 0.4) is 0 Å². The van der Waals surface area contributed by atoms with Crippen molar-refractivity contribution in [1.29, 1.82) is 0 Å². The second kappa shape index (κ2) is 11.6. The van der Waals surface area contributed by atoms with Gasteiger partial charge in [0.1, 0.15) is 5.75 Å². The zero-order valence-corrected chi connectivity index (χ0v) is 21.4. The standard InChI is InChI=1S/C29H29N3O6/c1-18-7-6-10-25(19(18)2)32-16-20(15-27(32)34)29(36)38-17-26(33)31-24-9-5-4-8-23(24)28(35)30-21-11-13-22(37-3)14-12-21/h4-14,20H,15-17H2,1-3H3,(H,30,35)(H,31,33). The number of carbonyl (C=O) groups excluding carboxylic acids is 4. The zero-order valence-electron chi connectivity index (χ0n) is 21.4. The zero-order chi connectivity index (χ0) is 27.2. The van der Waals surface area contributed by atoms with Crippen molar-refractivity contribution in [3.8, 4) is 5.75 Å². The normalized spacial score (nSPS) is 14.7. The van der Waals surface area contributed by atoms with Crippen LogP contribution < -0.4 is 20.3 Å². The van der Waals surface area contributed by atoms with Gasteiger partial charge < -0.3 is 25.0 Å². The van der Waals surface area contributed by atoms with Gasteiger partial charge >= 0.3 is 5.97 Å². The van der Waals surface area contributed by atoms with Crippen LogP contribution in [0.2, 0.25) is 0 Å². The van der Waals surface area contributed by atoms with Crippen LogP contribution in [0.5, 0.6) is 5.75 Å². The average Bonchev–Trinajstić information content (AvgIpc) is 3.31. The van der Waals surface area contributed by atoms with Crippen LogP contribution in [-0.2, 0) is 19.1 Å². The molecule has 0 spiro atoms. The molecule has 1 aliphatic rings. The van der Waals surface area contributed by atoms with E-state index >= 15 is 0 Å². The van der Waals surface area contributed by atoms with Gasteiger partial charge in [0.05, 0.1) is 24.3 Å². The summed E-state index contributed by atoms with van der Waals surface area (Å²) in [5, 5.41) is 5.40. The minimum atomic E-state index is -0.669. The van der Waals surface area contributed by atoms with E-state index in [0.717, 1.165) is 16.8 Å². The molecule has 9 heteroatoms. The van der Waals surface area contributed by atoms with Gasteiger partial charge in [0, 0.05) is 24.3 Å². The number of para-hydroxylation sites is 1. The molecule has 1 heterocycles. The first kappa shape index (κ1) is 26.4. The van der Waals surface area contributed by atoms with Gasteiger partial charge in [-0.1, -0.05) is 24.3 Å². The van der Waals surface area contributed by atoms with E-state index in [-0.39, 0.29) is 30.1 Å². The monoisotopic (exact) mass is 515 g/mol. The summed E-state index contributed by atoms with van der Waals surface area (Å²) >= 11 is 0. The van der Waals surface area contributed by atoms with Crippen LogP contribution in [-0.4, -0.2) is 44.0 Å². The fourth-order valence-corrected chi connectivity index (χ4v) is 4.23. The number of benzene rings is 3. The Kier molecular flexibility index (Phi) is 8.06. The minimum absolute atomic E-state index is 0.0161. The highest BCUT2D eigenvalue weighted by Gasteiger charge is 2.37. The number of hydrogen-bond acceptors (Lipinski definition) is 6. The third kappa shape index (κ3) is 6.00. The molecule has 4 rings (SSSR count). The highest BCUT2D eigenvalue weighted by atomic mass is 16.5. The molecule has 1 saturated heterocycles. The summed E-state index contributed by atoms with van der Waals surface area (Å²) < 4.78 is 10.3. The van der Waals surface area contributed by atoms with Crippen molar-refractivity contribution < 1.29 is 28.7 Å². The van der Waals surface area contributed by atoms with E-state index < -0.39 is 30.3 Å². The quantitative estimate of drug-likeness (QED) is 0.437. The number of aryl methyl sites for hydroxylation is 1. The molecule has 38 heavy (non-hydrogen) atoms. The Balaban J connectivity index is 1.33. The highest BCUT2D eigenvalue weighted by molar-refractivity contribution is 6.10. The van der Waals surface area contributed by atoms with Crippen molar-refractivity contribution in [2.45, 2.75) is 20.3 Å². The van der Waals surface area contributed by atoms with Crippen LogP contribution in [0, 0.1) is 19.8 Å². The lowest BCUT2D eigenvalue weighted by molar-refractivity contribution is -0.151. The van der Waals surface area contributed by atoms with Gasteiger partial charge in [-0.3, -0.25) is 19.2 Å². The third-order valence-corrected chi connectivity index (χ3v) is 6.46. The number of rotatable bonds is 8. The maximum absolute atomic E-state index is 12.8. The smallest absolute Gasteiger partial charge is 0.311 e. The minimum Gasteiger partial charge on any atom is -0.497 e. The molecule has 1 unspecified atom stereocenters. The first-order chi connectivity index (χ1) is 18.3. The molecule has 0 radical (unpaired) electrons. The summed E-state index contributed by atoms with van der Waals surface area (Å²) in [6.07, 6.45) is 0.0161. The lowest BCUT2D eigenvalue weighted by atomic mass is 10.1. The molecule has 9 nitrogen and oxygen atoms in total. The van der Waals surface area contributed by atoms with Gasteiger partial charge in [-0.25, -0.2) is 0 Å². The fourth-order valence-electron chi connectivity index (χ4n) is 4.23. The molecular weight excluding hydrogens is 486 g/mol. The van der Waals surface area contributed by atoms with Crippen molar-refractivity contribution in [3.63, 3.8) is 0 Å². The molecule has 0 bridgehead atoms. The number of carbonyl (C=O) groups is 4. The number of methoxy groups -OCH3 is 1. The Morgan fingerprint density at radius 3 is 2.42 bits per heavy atom. The largest absolute Gasteiger partial charge is 0.497 e. The molecule has 0 aliphatic carbocycles. The molecule has 3 amide bonds. The van der Waals surface area contributed by atoms with Crippen molar-refractivity contribution in [1.82, 2.24) is 0 Å². The number of hydrogen-bond donors (Lipinski definition) is 2. The van der Waals surface area contributed by atoms with Gasteiger partial charge in [-0.2, -0.15) is 0 Å². The van der Waals surface area contributed by atoms with E-state index in [1.807, 2.05) is 32.0 Å². The number of esters is 1. The topological polar surface area (TPSA) is 114 Å². The predicted molar refractivity (Wildman–Crippen MR) is 143 cm³/mol. The lowest BCUT2D eigenvalue weighted by Gasteiger charge is -2.20. The van der Waals surface area contributed by atoms with Crippen LogP contribution in [0.15, 0.2) is 66.7 Å². The van der Waals surface area contributed by atoms with Gasteiger partial charge in [-0.05, 0) is 67.4 Å². The average molecular weight is 516 g/mol. The predicted octanol–water partition coefficient (Wildman–Crippen LogP) is 4.10. The van der Waals surface area contributed by atoms with Crippen molar-refractivity contribution >= 4 is 40.8 Å². The Bertz CT molecular complexity index is 1370. The van der Waals surface area contributed by atoms with Crippen molar-refractivity contribution in [3.05, 3.63) is 83.4 Å². The maximum Gasteiger partial charge on any atom is 0.311 e. The summed E-state index contributed by atoms with van der Waals surface area (Å²) in [4.78, 5) is 52.2. The summed E-state index contributed by atoms with van der Waals surface area (Å²) in [6, 6.07) is 19.0. The number of anilines is 3. The Morgan fingerprint density at radius 1 is 0.947 bits per heavy atom. The molecule has 3 aromatic rings. The van der Waals surface area contributed by atoms with E-state index in [1.54, 1.807) is 60.5 Å². The molecule has 3 aromatic carbocycles. The Labute approximate surface area is 220 Å². The van der Waals surface area contributed by atoms with Crippen LogP contribution in [0.25, 0.3) is 0 Å². The fraction of sp³-hybridized carbons (Fsp3) is 0.241. The van der Waals surface area contributed by atoms with Crippen LogP contribution in [0.4, 0.5) is 17.1 Å². The maximum atomic E-state index is 12.8. The molecule has 0 saturated carbocycles. The molecule has 1 atom stereocenters. The first-order valence-electron chi connectivity index (χ1n) is 12.1. The van der Waals surface area contributed by atoms with E-state index in [9.17, 15) is 19.2 Å².